The lowest BCUT2D eigenvalue weighted by atomic mass is 10.0. The summed E-state index contributed by atoms with van der Waals surface area (Å²) in [5.74, 6) is -0.335. The standard InChI is InChI=1S/C26H26F2N4O2S/c1-16(29-2)5-4-12-35-31-18-7-9-23(34-24-8-6-17(27)13-22(24)28)20(14-18)21-15-32(3)26(33)25-19(21)10-11-30-25/h6-11,13-15,29-31H,1,4-5,12H2,2-3H3. The van der Waals surface area contributed by atoms with Crippen LogP contribution in [0.3, 0.4) is 0 Å². The van der Waals surface area contributed by atoms with Crippen molar-refractivity contribution < 1.29 is 13.5 Å². The Hall–Kier alpha value is -3.72. The van der Waals surface area contributed by atoms with E-state index in [1.165, 1.54) is 10.6 Å². The second-order valence-corrected chi connectivity index (χ2v) is 8.92. The van der Waals surface area contributed by atoms with Gasteiger partial charge in [0, 0.05) is 66.2 Å². The van der Waals surface area contributed by atoms with Crippen LogP contribution in [0.4, 0.5) is 14.5 Å². The van der Waals surface area contributed by atoms with Crippen LogP contribution in [-0.2, 0) is 7.05 Å². The molecule has 6 nitrogen and oxygen atoms in total. The number of aromatic amines is 1. The fourth-order valence-corrected chi connectivity index (χ4v) is 4.35. The van der Waals surface area contributed by atoms with Crippen LogP contribution in [-0.4, -0.2) is 22.4 Å². The predicted molar refractivity (Wildman–Crippen MR) is 139 cm³/mol. The van der Waals surface area contributed by atoms with Crippen molar-refractivity contribution in [3.63, 3.8) is 0 Å². The molecule has 0 atom stereocenters. The summed E-state index contributed by atoms with van der Waals surface area (Å²) in [5.41, 5.74) is 3.51. The smallest absolute Gasteiger partial charge is 0.274 e. The molecule has 0 aliphatic rings. The number of H-pyrrole nitrogens is 1. The first-order chi connectivity index (χ1) is 16.9. The third-order valence-electron chi connectivity index (χ3n) is 5.55. The lowest BCUT2D eigenvalue weighted by Crippen LogP contribution is -2.16. The third kappa shape index (κ3) is 5.51. The van der Waals surface area contributed by atoms with Crippen LogP contribution < -0.4 is 20.3 Å². The number of halogens is 2. The molecule has 0 unspecified atom stereocenters. The van der Waals surface area contributed by atoms with Gasteiger partial charge < -0.3 is 24.3 Å². The van der Waals surface area contributed by atoms with Crippen molar-refractivity contribution in [1.29, 1.82) is 0 Å². The van der Waals surface area contributed by atoms with Gasteiger partial charge in [-0.15, -0.1) is 0 Å². The van der Waals surface area contributed by atoms with E-state index in [0.717, 1.165) is 47.7 Å². The quantitative estimate of drug-likeness (QED) is 0.181. The Morgan fingerprint density at radius 2 is 1.94 bits per heavy atom. The number of pyridine rings is 1. The highest BCUT2D eigenvalue weighted by Gasteiger charge is 2.17. The van der Waals surface area contributed by atoms with Gasteiger partial charge in [0.25, 0.3) is 5.56 Å². The molecule has 0 fully saturated rings. The Morgan fingerprint density at radius 3 is 2.71 bits per heavy atom. The second kappa shape index (κ2) is 10.7. The molecule has 9 heteroatoms. The zero-order valence-corrected chi connectivity index (χ0v) is 20.3. The SMILES string of the molecule is C=C(CCCSNc1ccc(Oc2ccc(F)cc2F)c(-c2cn(C)c(=O)c3[nH]ccc23)c1)NC. The summed E-state index contributed by atoms with van der Waals surface area (Å²) in [4.78, 5) is 15.5. The molecule has 0 amide bonds. The first kappa shape index (κ1) is 24.4. The molecule has 182 valence electrons. The number of ether oxygens (including phenoxy) is 1. The minimum atomic E-state index is -0.802. The van der Waals surface area contributed by atoms with E-state index in [9.17, 15) is 13.6 Å². The molecule has 0 spiro atoms. The van der Waals surface area contributed by atoms with Crippen LogP contribution in [0.1, 0.15) is 12.8 Å². The summed E-state index contributed by atoms with van der Waals surface area (Å²) in [6.45, 7) is 3.93. The normalized spacial score (nSPS) is 11.0. The first-order valence-corrected chi connectivity index (χ1v) is 12.0. The molecule has 35 heavy (non-hydrogen) atoms. The average Bonchev–Trinajstić information content (AvgIpc) is 3.34. The number of allylic oxidation sites excluding steroid dienone is 1. The summed E-state index contributed by atoms with van der Waals surface area (Å²) < 4.78 is 38.5. The van der Waals surface area contributed by atoms with Crippen LogP contribution in [0.2, 0.25) is 0 Å². The summed E-state index contributed by atoms with van der Waals surface area (Å²) in [6.07, 6.45) is 5.27. The van der Waals surface area contributed by atoms with Gasteiger partial charge in [-0.05, 0) is 49.2 Å². The fraction of sp³-hybridized carbons (Fsp3) is 0.192. The van der Waals surface area contributed by atoms with Crippen molar-refractivity contribution >= 4 is 28.5 Å². The van der Waals surface area contributed by atoms with E-state index in [4.69, 9.17) is 4.74 Å². The van der Waals surface area contributed by atoms with Crippen molar-refractivity contribution in [2.75, 3.05) is 17.5 Å². The van der Waals surface area contributed by atoms with Crippen LogP contribution in [0, 0.1) is 11.6 Å². The average molecular weight is 497 g/mol. The maximum absolute atomic E-state index is 14.3. The van der Waals surface area contributed by atoms with Gasteiger partial charge in [0.05, 0.1) is 0 Å². The van der Waals surface area contributed by atoms with E-state index in [1.807, 2.05) is 25.2 Å². The van der Waals surface area contributed by atoms with Crippen molar-refractivity contribution in [2.24, 2.45) is 7.05 Å². The summed E-state index contributed by atoms with van der Waals surface area (Å²) in [7, 11) is 3.53. The van der Waals surface area contributed by atoms with Crippen LogP contribution in [0.15, 0.2) is 71.9 Å². The number of anilines is 1. The molecular weight excluding hydrogens is 470 g/mol. The molecule has 2 aromatic heterocycles. The molecule has 0 saturated heterocycles. The van der Waals surface area contributed by atoms with Crippen LogP contribution in [0.25, 0.3) is 22.0 Å². The molecule has 0 bridgehead atoms. The second-order valence-electron chi connectivity index (χ2n) is 8.02. The van der Waals surface area contributed by atoms with Gasteiger partial charge in [-0.25, -0.2) is 8.78 Å². The monoisotopic (exact) mass is 496 g/mol. The number of hydrogen-bond acceptors (Lipinski definition) is 5. The van der Waals surface area contributed by atoms with Crippen molar-refractivity contribution in [3.05, 3.63) is 89.1 Å². The first-order valence-electron chi connectivity index (χ1n) is 11.0. The largest absolute Gasteiger partial charge is 0.454 e. The molecule has 2 heterocycles. The summed E-state index contributed by atoms with van der Waals surface area (Å²) >= 11 is 1.56. The molecule has 3 N–H and O–H groups in total. The fourth-order valence-electron chi connectivity index (χ4n) is 3.67. The van der Waals surface area contributed by atoms with Crippen molar-refractivity contribution in [2.45, 2.75) is 12.8 Å². The van der Waals surface area contributed by atoms with Gasteiger partial charge in [0.2, 0.25) is 0 Å². The maximum atomic E-state index is 14.3. The number of hydrogen-bond donors (Lipinski definition) is 3. The number of nitrogens with one attached hydrogen (secondary N) is 3. The number of aromatic nitrogens is 2. The topological polar surface area (TPSA) is 71.1 Å². The van der Waals surface area contributed by atoms with E-state index < -0.39 is 11.6 Å². The molecular formula is C26H26F2N4O2S. The minimum Gasteiger partial charge on any atom is -0.454 e. The molecule has 4 rings (SSSR count). The van der Waals surface area contributed by atoms with Gasteiger partial charge in [0.1, 0.15) is 17.1 Å². The van der Waals surface area contributed by atoms with Crippen LogP contribution in [0.5, 0.6) is 11.5 Å². The third-order valence-corrected chi connectivity index (χ3v) is 6.42. The van der Waals surface area contributed by atoms with E-state index in [-0.39, 0.29) is 11.3 Å². The molecule has 0 aliphatic carbocycles. The van der Waals surface area contributed by atoms with E-state index in [1.54, 1.807) is 37.5 Å². The predicted octanol–water partition coefficient (Wildman–Crippen LogP) is 6.18. The lowest BCUT2D eigenvalue weighted by Gasteiger charge is -2.16. The number of rotatable bonds is 10. The Labute approximate surface area is 206 Å². The molecule has 4 aromatic rings. The Kier molecular flexibility index (Phi) is 7.45. The molecule has 0 saturated carbocycles. The lowest BCUT2D eigenvalue weighted by molar-refractivity contribution is 0.439. The van der Waals surface area contributed by atoms with Gasteiger partial charge in [-0.1, -0.05) is 18.5 Å². The van der Waals surface area contributed by atoms with Crippen molar-refractivity contribution in [1.82, 2.24) is 14.9 Å². The zero-order chi connectivity index (χ0) is 24.9. The van der Waals surface area contributed by atoms with E-state index >= 15 is 0 Å². The number of nitrogens with zero attached hydrogens (tertiary/aromatic N) is 1. The van der Waals surface area contributed by atoms with Gasteiger partial charge in [-0.2, -0.15) is 0 Å². The number of fused-ring (bicyclic) bond motifs is 1. The Balaban J connectivity index is 1.69. The van der Waals surface area contributed by atoms with Gasteiger partial charge >= 0.3 is 0 Å². The van der Waals surface area contributed by atoms with Crippen molar-refractivity contribution in [3.8, 4) is 22.6 Å². The van der Waals surface area contributed by atoms with E-state index in [2.05, 4.69) is 21.6 Å². The van der Waals surface area contributed by atoms with E-state index in [0.29, 0.717) is 22.2 Å². The molecule has 0 aliphatic heterocycles. The minimum absolute atomic E-state index is 0.0948. The molecule has 2 aromatic carbocycles. The Morgan fingerprint density at radius 1 is 1.14 bits per heavy atom. The highest BCUT2D eigenvalue weighted by atomic mass is 32.2. The maximum Gasteiger partial charge on any atom is 0.274 e. The van der Waals surface area contributed by atoms with Crippen LogP contribution >= 0.6 is 11.9 Å². The highest BCUT2D eigenvalue weighted by Crippen LogP contribution is 2.39. The summed E-state index contributed by atoms with van der Waals surface area (Å²) in [6, 6.07) is 10.4. The highest BCUT2D eigenvalue weighted by molar-refractivity contribution is 8.00. The van der Waals surface area contributed by atoms with Gasteiger partial charge in [0.15, 0.2) is 11.6 Å². The van der Waals surface area contributed by atoms with Gasteiger partial charge in [-0.3, -0.25) is 4.79 Å². The molecule has 0 radical (unpaired) electrons. The Bertz CT molecular complexity index is 1430. The number of benzene rings is 2. The number of aryl methyl sites for hydroxylation is 1. The zero-order valence-electron chi connectivity index (χ0n) is 19.5. The summed E-state index contributed by atoms with van der Waals surface area (Å²) in [5, 5.41) is 3.76.